The van der Waals surface area contributed by atoms with Crippen molar-refractivity contribution in [1.29, 1.82) is 0 Å². The third kappa shape index (κ3) is 10.3. The summed E-state index contributed by atoms with van der Waals surface area (Å²) in [7, 11) is -18.8. The molecule has 41 heavy (non-hydrogen) atoms. The minimum Gasteiger partial charge on any atom is -0.872 e. The maximum atomic E-state index is 12.8. The van der Waals surface area contributed by atoms with Crippen LogP contribution in [-0.2, 0) is 44.7 Å². The standard InChI is InChI=1S/C19H19N3O13S4.2Li/c23-16-10-13(38(29,30)31)9-12-5-6-15(20-11-37(26,27)28)19(18(12)16)22-21-14-3-1-2-4-17(14)36(24,25)8-7-35-39(32,33)34;;/h1-6,9-10,20,23H,7-8,11H2,(H,26,27,28)(H,29,30,31)(H,32,33,34);;/q;2*+1/p-2. The molecule has 22 heteroatoms. The normalized spacial score (nSPS) is 12.6. The minimum absolute atomic E-state index is 0. The van der Waals surface area contributed by atoms with Crippen molar-refractivity contribution >= 4 is 68.3 Å². The molecule has 16 nitrogen and oxygen atoms in total. The van der Waals surface area contributed by atoms with Crippen molar-refractivity contribution in [3.8, 4) is 5.75 Å². The first-order valence-electron chi connectivity index (χ1n) is 10.2. The average Bonchev–Trinajstić information content (AvgIpc) is 2.79. The predicted molar refractivity (Wildman–Crippen MR) is 132 cm³/mol. The van der Waals surface area contributed by atoms with Gasteiger partial charge in [0.15, 0.2) is 9.84 Å². The van der Waals surface area contributed by atoms with E-state index in [9.17, 15) is 47.9 Å². The van der Waals surface area contributed by atoms with Gasteiger partial charge in [0.2, 0.25) is 0 Å². The van der Waals surface area contributed by atoms with Crippen molar-refractivity contribution in [3.05, 3.63) is 48.5 Å². The molecule has 0 aliphatic rings. The van der Waals surface area contributed by atoms with Crippen LogP contribution in [0.4, 0.5) is 17.1 Å². The van der Waals surface area contributed by atoms with Crippen molar-refractivity contribution in [3.63, 3.8) is 0 Å². The largest absolute Gasteiger partial charge is 1.00 e. The maximum Gasteiger partial charge on any atom is 1.00 e. The number of sulfone groups is 1. The van der Waals surface area contributed by atoms with Crippen LogP contribution in [0.25, 0.3) is 10.8 Å². The van der Waals surface area contributed by atoms with Gasteiger partial charge in [-0.15, -0.1) is 10.2 Å². The van der Waals surface area contributed by atoms with E-state index in [2.05, 4.69) is 19.7 Å². The number of fused-ring (bicyclic) bond motifs is 1. The van der Waals surface area contributed by atoms with Crippen molar-refractivity contribution in [1.82, 2.24) is 0 Å². The molecule has 0 spiro atoms. The van der Waals surface area contributed by atoms with E-state index < -0.39 is 79.9 Å². The van der Waals surface area contributed by atoms with E-state index in [-0.39, 0.29) is 59.9 Å². The van der Waals surface area contributed by atoms with Crippen molar-refractivity contribution in [2.45, 2.75) is 9.79 Å². The molecule has 0 amide bonds. The molecule has 0 saturated carbocycles. The van der Waals surface area contributed by atoms with Crippen LogP contribution in [0.3, 0.4) is 0 Å². The second-order valence-electron chi connectivity index (χ2n) is 7.57. The molecule has 0 aliphatic heterocycles. The van der Waals surface area contributed by atoms with E-state index in [1.807, 2.05) is 0 Å². The van der Waals surface area contributed by atoms with E-state index in [4.69, 9.17) is 4.55 Å². The molecule has 0 atom stereocenters. The molecule has 0 aliphatic carbocycles. The summed E-state index contributed by atoms with van der Waals surface area (Å²) in [5, 5.41) is 22.4. The Bertz CT molecular complexity index is 1900. The zero-order chi connectivity index (χ0) is 29.2. The van der Waals surface area contributed by atoms with Gasteiger partial charge < -0.3 is 15.0 Å². The summed E-state index contributed by atoms with van der Waals surface area (Å²) in [6.45, 7) is -0.927. The van der Waals surface area contributed by atoms with Crippen LogP contribution >= 0.6 is 0 Å². The smallest absolute Gasteiger partial charge is 0.872 e. The van der Waals surface area contributed by atoms with E-state index in [0.717, 1.165) is 18.2 Å². The molecule has 0 radical (unpaired) electrons. The van der Waals surface area contributed by atoms with Gasteiger partial charge in [-0.25, -0.2) is 21.0 Å². The van der Waals surface area contributed by atoms with Crippen LogP contribution in [0, 0.1) is 0 Å². The van der Waals surface area contributed by atoms with Gasteiger partial charge >= 0.3 is 48.1 Å². The molecule has 0 unspecified atom stereocenters. The van der Waals surface area contributed by atoms with E-state index in [1.54, 1.807) is 0 Å². The second kappa shape index (κ2) is 14.0. The van der Waals surface area contributed by atoms with E-state index in [0.29, 0.717) is 6.07 Å². The number of nitrogens with one attached hydrogen (secondary N) is 1. The summed E-state index contributed by atoms with van der Waals surface area (Å²) < 4.78 is 125. The molecule has 0 aromatic heterocycles. The summed E-state index contributed by atoms with van der Waals surface area (Å²) >= 11 is 0. The first-order valence-corrected chi connectivity index (χ1v) is 16.2. The van der Waals surface area contributed by atoms with Crippen molar-refractivity contribution < 1.29 is 94.3 Å². The predicted octanol–water partition coefficient (Wildman–Crippen LogP) is -4.91. The van der Waals surface area contributed by atoms with Crippen molar-refractivity contribution in [2.24, 2.45) is 10.2 Å². The van der Waals surface area contributed by atoms with Gasteiger partial charge in [0.25, 0.3) is 10.1 Å². The zero-order valence-electron chi connectivity index (χ0n) is 21.2. The van der Waals surface area contributed by atoms with Crippen LogP contribution in [-0.4, -0.2) is 65.6 Å². The Hall–Kier alpha value is -2.05. The Labute approximate surface area is 258 Å². The molecule has 0 bridgehead atoms. The molecule has 3 aromatic carbocycles. The molecule has 212 valence electrons. The van der Waals surface area contributed by atoms with Crippen LogP contribution < -0.4 is 48.1 Å². The molecule has 0 heterocycles. The van der Waals surface area contributed by atoms with Gasteiger partial charge in [-0.1, -0.05) is 23.9 Å². The minimum atomic E-state index is -4.90. The van der Waals surface area contributed by atoms with Gasteiger partial charge in [0.1, 0.15) is 27.4 Å². The second-order valence-corrected chi connectivity index (χ2v) is 13.6. The number of nitrogens with zero attached hydrogens (tertiary/aromatic N) is 2. The van der Waals surface area contributed by atoms with Crippen LogP contribution in [0.2, 0.25) is 0 Å². The first-order chi connectivity index (χ1) is 17.9. The first kappa shape index (κ1) is 37.0. The summed E-state index contributed by atoms with van der Waals surface area (Å²) in [5.41, 5.74) is -0.931. The summed E-state index contributed by atoms with van der Waals surface area (Å²) in [4.78, 5) is -1.20. The Kier molecular flexibility index (Phi) is 12.6. The molecular weight excluding hydrogens is 620 g/mol. The Balaban J connectivity index is 0.00000420. The van der Waals surface area contributed by atoms with Gasteiger partial charge in [0.05, 0.1) is 27.8 Å². The fourth-order valence-electron chi connectivity index (χ4n) is 3.21. The Morgan fingerprint density at radius 1 is 0.878 bits per heavy atom. The molecule has 3 aromatic rings. The fourth-order valence-corrected chi connectivity index (χ4v) is 5.71. The number of hydrogen-bond acceptors (Lipinski definition) is 14. The average molecular weight is 638 g/mol. The summed E-state index contributed by atoms with van der Waals surface area (Å²) in [6, 6.07) is 8.78. The van der Waals surface area contributed by atoms with Crippen LogP contribution in [0.5, 0.6) is 5.75 Å². The third-order valence-corrected chi connectivity index (χ3v) is 8.32. The Morgan fingerprint density at radius 2 is 1.51 bits per heavy atom. The summed E-state index contributed by atoms with van der Waals surface area (Å²) in [6.07, 6.45) is 0. The number of azo groups is 1. The van der Waals surface area contributed by atoms with Gasteiger partial charge in [0, 0.05) is 5.39 Å². The van der Waals surface area contributed by atoms with Crippen molar-refractivity contribution in [2.75, 3.05) is 23.6 Å². The molecule has 3 rings (SSSR count). The quantitative estimate of drug-likeness (QED) is 0.101. The fraction of sp³-hybridized carbons (Fsp3) is 0.158. The molecule has 3 N–H and O–H groups in total. The number of rotatable bonds is 11. The van der Waals surface area contributed by atoms with E-state index >= 15 is 0 Å². The third-order valence-electron chi connectivity index (χ3n) is 4.81. The number of benzene rings is 3. The van der Waals surface area contributed by atoms with Crippen LogP contribution in [0.15, 0.2) is 68.6 Å². The number of hydrogen-bond donors (Lipinski definition) is 3. The zero-order valence-corrected chi connectivity index (χ0v) is 24.4. The number of anilines is 1. The van der Waals surface area contributed by atoms with E-state index in [1.165, 1.54) is 24.3 Å². The van der Waals surface area contributed by atoms with Gasteiger partial charge in [-0.3, -0.25) is 9.11 Å². The SMILES string of the molecule is O=S(=O)([O-])CNc1ccc2cc(S(=O)(=O)O)cc([O-])c2c1N=Nc1ccccc1S(=O)(=O)CCOS(=O)(=O)O.[Li+].[Li+]. The van der Waals surface area contributed by atoms with Gasteiger partial charge in [-0.2, -0.15) is 16.8 Å². The topological polar surface area (TPSA) is 269 Å². The van der Waals surface area contributed by atoms with Gasteiger partial charge in [-0.05, 0) is 35.7 Å². The molecular formula is C19H17Li2N3O13S4. The monoisotopic (exact) mass is 637 g/mol. The maximum absolute atomic E-state index is 12.8. The molecule has 0 saturated heterocycles. The summed E-state index contributed by atoms with van der Waals surface area (Å²) in [5.74, 6) is -3.03. The Morgan fingerprint density at radius 3 is 2.10 bits per heavy atom. The molecule has 0 fully saturated rings. The van der Waals surface area contributed by atoms with Crippen LogP contribution in [0.1, 0.15) is 0 Å².